The fourth-order valence-electron chi connectivity index (χ4n) is 6.87. The molecule has 0 radical (unpaired) electrons. The predicted octanol–water partition coefficient (Wildman–Crippen LogP) is 9.28. The fourth-order valence-corrected chi connectivity index (χ4v) is 6.87. The van der Waals surface area contributed by atoms with Crippen molar-refractivity contribution in [3.63, 3.8) is 0 Å². The third kappa shape index (κ3) is 4.62. The molecule has 0 saturated heterocycles. The van der Waals surface area contributed by atoms with Crippen LogP contribution >= 0.6 is 0 Å². The van der Waals surface area contributed by atoms with Crippen LogP contribution in [0.2, 0.25) is 0 Å². The summed E-state index contributed by atoms with van der Waals surface area (Å²) < 4.78 is 0. The molecule has 0 aliphatic rings. The molecule has 0 atom stereocenters. The molecule has 10 aromatic rings. The van der Waals surface area contributed by atoms with Crippen LogP contribution in [0.15, 0.2) is 146 Å². The maximum atomic E-state index is 4.93. The Morgan fingerprint density at radius 1 is 0.340 bits per heavy atom. The number of aromatic nitrogens is 8. The predicted molar refractivity (Wildman–Crippen MR) is 198 cm³/mol. The van der Waals surface area contributed by atoms with Crippen LogP contribution in [-0.4, -0.2) is 39.9 Å². The number of benzene rings is 6. The minimum absolute atomic E-state index is 0.586. The van der Waals surface area contributed by atoms with E-state index in [0.717, 1.165) is 76.4 Å². The molecule has 0 spiro atoms. The quantitative estimate of drug-likeness (QED) is 0.175. The molecule has 0 N–H and O–H groups in total. The monoisotopic (exact) mass is 640 g/mol. The molecule has 0 aliphatic heterocycles. The lowest BCUT2D eigenvalue weighted by molar-refractivity contribution is 1.06. The second-order valence-electron chi connectivity index (χ2n) is 12.1. The number of hydrogen-bond acceptors (Lipinski definition) is 8. The Morgan fingerprint density at radius 3 is 1.66 bits per heavy atom. The first-order valence-electron chi connectivity index (χ1n) is 16.2. The summed E-state index contributed by atoms with van der Waals surface area (Å²) >= 11 is 0. The Labute approximate surface area is 285 Å². The van der Waals surface area contributed by atoms with Gasteiger partial charge in [-0.15, -0.1) is 0 Å². The summed E-state index contributed by atoms with van der Waals surface area (Å²) in [6, 6.07) is 41.4. The molecule has 0 amide bonds. The Bertz CT molecular complexity index is 2930. The Morgan fingerprint density at radius 2 is 0.920 bits per heavy atom. The number of nitrogens with zero attached hydrogens (tertiary/aromatic N) is 8. The van der Waals surface area contributed by atoms with Crippen molar-refractivity contribution in [1.29, 1.82) is 0 Å². The molecule has 0 bridgehead atoms. The van der Waals surface area contributed by atoms with E-state index in [1.807, 2.05) is 60.8 Å². The Balaban J connectivity index is 1.09. The smallest absolute Gasteiger partial charge is 0.164 e. The number of rotatable bonds is 4. The topological polar surface area (TPSA) is 103 Å². The van der Waals surface area contributed by atoms with Crippen LogP contribution in [0.3, 0.4) is 0 Å². The minimum atomic E-state index is 0.586. The van der Waals surface area contributed by atoms with Gasteiger partial charge in [-0.2, -0.15) is 0 Å². The van der Waals surface area contributed by atoms with Crippen molar-refractivity contribution in [3.8, 4) is 45.6 Å². The second-order valence-corrected chi connectivity index (χ2v) is 12.1. The van der Waals surface area contributed by atoms with Gasteiger partial charge in [-0.1, -0.05) is 84.9 Å². The van der Waals surface area contributed by atoms with E-state index < -0.39 is 0 Å². The van der Waals surface area contributed by atoms with Crippen LogP contribution in [-0.2, 0) is 0 Å². The van der Waals surface area contributed by atoms with E-state index in [0.29, 0.717) is 23.3 Å². The van der Waals surface area contributed by atoms with Crippen molar-refractivity contribution in [2.24, 2.45) is 0 Å². The van der Waals surface area contributed by atoms with Gasteiger partial charge in [0.15, 0.2) is 23.3 Å². The van der Waals surface area contributed by atoms with Gasteiger partial charge in [0.2, 0.25) is 0 Å². The maximum Gasteiger partial charge on any atom is 0.164 e. The van der Waals surface area contributed by atoms with Crippen LogP contribution in [0.5, 0.6) is 0 Å². The summed E-state index contributed by atoms with van der Waals surface area (Å²) in [4.78, 5) is 37.1. The van der Waals surface area contributed by atoms with Crippen molar-refractivity contribution in [2.75, 3.05) is 0 Å². The zero-order chi connectivity index (χ0) is 33.0. The highest BCUT2D eigenvalue weighted by Gasteiger charge is 2.15. The van der Waals surface area contributed by atoms with E-state index in [1.54, 1.807) is 18.9 Å². The molecule has 4 heterocycles. The highest BCUT2D eigenvalue weighted by Crippen LogP contribution is 2.38. The first-order chi connectivity index (χ1) is 24.8. The standard InChI is InChI=1S/C42H24N8/c1-4-12-37-25(7-1)19-28(22-44-37)41-47-23-45-39(49-41)26-14-16-31-32-17-15-27(21-36(32)30-9-3-2-8-29(30)35(31)20-26)40-46-24-48-42(50-40)34-10-5-13-38-33(34)11-6-18-43-38/h1-24H. The van der Waals surface area contributed by atoms with E-state index in [2.05, 4.69) is 96.6 Å². The summed E-state index contributed by atoms with van der Waals surface area (Å²) in [6.07, 6.45) is 6.76. The lowest BCUT2D eigenvalue weighted by Crippen LogP contribution is -1.97. The summed E-state index contributed by atoms with van der Waals surface area (Å²) in [7, 11) is 0. The molecule has 0 saturated carbocycles. The normalized spacial score (nSPS) is 11.6. The van der Waals surface area contributed by atoms with Crippen LogP contribution < -0.4 is 0 Å². The Kier molecular flexibility index (Phi) is 6.32. The van der Waals surface area contributed by atoms with Crippen molar-refractivity contribution in [3.05, 3.63) is 146 Å². The maximum absolute atomic E-state index is 4.93. The Hall–Kier alpha value is -7.06. The van der Waals surface area contributed by atoms with Gasteiger partial charge in [0.1, 0.15) is 12.7 Å². The minimum Gasteiger partial charge on any atom is -0.256 e. The lowest BCUT2D eigenvalue weighted by Gasteiger charge is -2.13. The van der Waals surface area contributed by atoms with E-state index >= 15 is 0 Å². The van der Waals surface area contributed by atoms with Gasteiger partial charge in [-0.3, -0.25) is 9.97 Å². The molecular formula is C42H24N8. The van der Waals surface area contributed by atoms with Gasteiger partial charge >= 0.3 is 0 Å². The summed E-state index contributed by atoms with van der Waals surface area (Å²) in [6.45, 7) is 0. The molecule has 50 heavy (non-hydrogen) atoms. The average molecular weight is 641 g/mol. The second kappa shape index (κ2) is 11.3. The molecule has 10 rings (SSSR count). The van der Waals surface area contributed by atoms with E-state index in [9.17, 15) is 0 Å². The van der Waals surface area contributed by atoms with Crippen molar-refractivity contribution < 1.29 is 0 Å². The lowest BCUT2D eigenvalue weighted by atomic mass is 9.92. The average Bonchev–Trinajstić information content (AvgIpc) is 3.20. The number of fused-ring (bicyclic) bond motifs is 8. The SMILES string of the molecule is c1ccc2ncc(-c3ncnc(-c4ccc5c6ccc(-c7ncnc(-c8cccc9ncccc89)n7)cc6c6ccccc6c5c4)n3)cc2c1. The third-order valence-corrected chi connectivity index (χ3v) is 9.23. The van der Waals surface area contributed by atoms with Crippen molar-refractivity contribution in [1.82, 2.24) is 39.9 Å². The number of pyridine rings is 2. The first kappa shape index (κ1) is 28.0. The van der Waals surface area contributed by atoms with Gasteiger partial charge in [0, 0.05) is 45.4 Å². The van der Waals surface area contributed by atoms with Gasteiger partial charge in [0.25, 0.3) is 0 Å². The van der Waals surface area contributed by atoms with Crippen LogP contribution in [0.1, 0.15) is 0 Å². The fraction of sp³-hybridized carbons (Fsp3) is 0. The largest absolute Gasteiger partial charge is 0.256 e. The van der Waals surface area contributed by atoms with Crippen molar-refractivity contribution in [2.45, 2.75) is 0 Å². The zero-order valence-electron chi connectivity index (χ0n) is 26.4. The zero-order valence-corrected chi connectivity index (χ0v) is 26.4. The third-order valence-electron chi connectivity index (χ3n) is 9.23. The molecule has 0 aliphatic carbocycles. The molecule has 6 aromatic carbocycles. The van der Waals surface area contributed by atoms with E-state index in [-0.39, 0.29) is 0 Å². The van der Waals surface area contributed by atoms with Gasteiger partial charge < -0.3 is 0 Å². The van der Waals surface area contributed by atoms with Crippen LogP contribution in [0.25, 0.3) is 99.7 Å². The molecular weight excluding hydrogens is 617 g/mol. The molecule has 8 heteroatoms. The van der Waals surface area contributed by atoms with Gasteiger partial charge in [0.05, 0.1) is 11.0 Å². The van der Waals surface area contributed by atoms with Crippen molar-refractivity contribution >= 4 is 54.1 Å². The van der Waals surface area contributed by atoms with Gasteiger partial charge in [-0.25, -0.2) is 29.9 Å². The molecule has 232 valence electrons. The first-order valence-corrected chi connectivity index (χ1v) is 16.2. The number of hydrogen-bond donors (Lipinski definition) is 0. The van der Waals surface area contributed by atoms with Crippen LogP contribution in [0, 0.1) is 0 Å². The van der Waals surface area contributed by atoms with Gasteiger partial charge in [-0.05, 0) is 68.7 Å². The molecule has 8 nitrogen and oxygen atoms in total. The van der Waals surface area contributed by atoms with E-state index in [1.165, 1.54) is 0 Å². The molecule has 0 fully saturated rings. The summed E-state index contributed by atoms with van der Waals surface area (Å²) in [5.41, 5.74) is 5.44. The number of para-hydroxylation sites is 1. The molecule has 4 aromatic heterocycles. The summed E-state index contributed by atoms with van der Waals surface area (Å²) in [5, 5.41) is 8.85. The van der Waals surface area contributed by atoms with Crippen LogP contribution in [0.4, 0.5) is 0 Å². The highest BCUT2D eigenvalue weighted by molar-refractivity contribution is 6.26. The molecule has 0 unspecified atom stereocenters. The highest BCUT2D eigenvalue weighted by atomic mass is 15.0. The summed E-state index contributed by atoms with van der Waals surface area (Å²) in [5.74, 6) is 2.42. The van der Waals surface area contributed by atoms with E-state index in [4.69, 9.17) is 9.97 Å².